The summed E-state index contributed by atoms with van der Waals surface area (Å²) in [5.74, 6) is -0.392. The normalized spacial score (nSPS) is 10.1. The number of hydrogen-bond donors (Lipinski definition) is 1. The van der Waals surface area contributed by atoms with Crippen molar-refractivity contribution in [3.8, 4) is 0 Å². The molecule has 0 aliphatic rings. The van der Waals surface area contributed by atoms with Gasteiger partial charge in [0.2, 0.25) is 5.91 Å². The van der Waals surface area contributed by atoms with Gasteiger partial charge in [-0.3, -0.25) is 9.59 Å². The van der Waals surface area contributed by atoms with E-state index in [0.29, 0.717) is 17.1 Å². The van der Waals surface area contributed by atoms with Gasteiger partial charge in [-0.25, -0.2) is 0 Å². The Balaban J connectivity index is 2.94. The van der Waals surface area contributed by atoms with E-state index in [1.807, 2.05) is 6.92 Å². The Hall–Kier alpha value is -1.07. The molecule has 0 bridgehead atoms. The van der Waals surface area contributed by atoms with Gasteiger partial charge >= 0.3 is 0 Å². The average molecular weight is 348 g/mol. The molecule has 0 spiro atoms. The first-order chi connectivity index (χ1) is 8.97. The van der Waals surface area contributed by atoms with Crippen LogP contribution in [0.2, 0.25) is 5.02 Å². The Kier molecular flexibility index (Phi) is 6.31. The van der Waals surface area contributed by atoms with Gasteiger partial charge in [0.15, 0.2) is 0 Å². The third kappa shape index (κ3) is 4.84. The molecule has 1 N–H and O–H groups in total. The average Bonchev–Trinajstić information content (AvgIpc) is 2.36. The summed E-state index contributed by atoms with van der Waals surface area (Å²) >= 11 is 9.23. The lowest BCUT2D eigenvalue weighted by Gasteiger charge is -2.21. The van der Waals surface area contributed by atoms with Crippen molar-refractivity contribution in [1.82, 2.24) is 10.2 Å². The van der Waals surface area contributed by atoms with E-state index < -0.39 is 0 Å². The van der Waals surface area contributed by atoms with Crippen LogP contribution in [0.15, 0.2) is 22.7 Å². The molecule has 2 amide bonds. The molecule has 0 aliphatic heterocycles. The molecule has 104 valence electrons. The lowest BCUT2D eigenvalue weighted by Crippen LogP contribution is -2.40. The minimum atomic E-state index is -0.200. The van der Waals surface area contributed by atoms with Gasteiger partial charge in [-0.15, -0.1) is 0 Å². The van der Waals surface area contributed by atoms with Crippen molar-refractivity contribution in [2.45, 2.75) is 13.3 Å². The zero-order chi connectivity index (χ0) is 14.4. The van der Waals surface area contributed by atoms with Crippen LogP contribution in [-0.2, 0) is 4.79 Å². The van der Waals surface area contributed by atoms with Gasteiger partial charge in [-0.2, -0.15) is 0 Å². The Labute approximate surface area is 126 Å². The number of halogens is 2. The van der Waals surface area contributed by atoms with Gasteiger partial charge in [0.25, 0.3) is 5.91 Å². The van der Waals surface area contributed by atoms with Crippen LogP contribution in [0.1, 0.15) is 23.7 Å². The second kappa shape index (κ2) is 7.50. The van der Waals surface area contributed by atoms with Gasteiger partial charge in [-0.05, 0) is 24.6 Å². The highest BCUT2D eigenvalue weighted by molar-refractivity contribution is 9.10. The largest absolute Gasteiger partial charge is 0.358 e. The molecule has 6 heteroatoms. The fourth-order valence-corrected chi connectivity index (χ4v) is 2.49. The molecule has 4 nitrogen and oxygen atoms in total. The second-order valence-corrected chi connectivity index (χ2v) is 5.41. The minimum absolute atomic E-state index is 0.0489. The topological polar surface area (TPSA) is 49.4 Å². The third-order valence-corrected chi connectivity index (χ3v) is 3.18. The van der Waals surface area contributed by atoms with Crippen molar-refractivity contribution in [3.05, 3.63) is 33.3 Å². The van der Waals surface area contributed by atoms with Crippen LogP contribution in [0.5, 0.6) is 0 Å². The molecule has 0 aliphatic carbocycles. The summed E-state index contributed by atoms with van der Waals surface area (Å²) in [5, 5.41) is 3.00. The van der Waals surface area contributed by atoms with Crippen molar-refractivity contribution >= 4 is 39.3 Å². The molecule has 0 unspecified atom stereocenters. The molecule has 0 radical (unpaired) electrons. The van der Waals surface area contributed by atoms with Gasteiger partial charge in [0, 0.05) is 28.7 Å². The Morgan fingerprint density at radius 1 is 1.37 bits per heavy atom. The van der Waals surface area contributed by atoms with Gasteiger partial charge in [0.1, 0.15) is 0 Å². The predicted octanol–water partition coefficient (Wildman–Crippen LogP) is 2.70. The molecule has 0 heterocycles. The van der Waals surface area contributed by atoms with E-state index in [0.717, 1.165) is 10.9 Å². The number of nitrogens with one attached hydrogen (secondary N) is 1. The molecule has 0 fully saturated rings. The second-order valence-electron chi connectivity index (χ2n) is 4.06. The summed E-state index contributed by atoms with van der Waals surface area (Å²) in [5.41, 5.74) is 0.469. The maximum atomic E-state index is 12.4. The number of nitrogens with zero attached hydrogens (tertiary/aromatic N) is 1. The van der Waals surface area contributed by atoms with Crippen LogP contribution in [0.25, 0.3) is 0 Å². The molecule has 0 atom stereocenters. The number of carbonyl (C=O) groups is 2. The van der Waals surface area contributed by atoms with E-state index in [-0.39, 0.29) is 18.4 Å². The highest BCUT2D eigenvalue weighted by Crippen LogP contribution is 2.20. The molecule has 0 saturated heterocycles. The molecule has 1 aromatic rings. The fraction of sp³-hybridized carbons (Fsp3) is 0.385. The van der Waals surface area contributed by atoms with Crippen LogP contribution in [0.3, 0.4) is 0 Å². The van der Waals surface area contributed by atoms with E-state index in [1.165, 1.54) is 4.90 Å². The first-order valence-corrected chi connectivity index (χ1v) is 7.11. The maximum absolute atomic E-state index is 12.4. The first-order valence-electron chi connectivity index (χ1n) is 5.93. The van der Waals surface area contributed by atoms with Crippen molar-refractivity contribution in [3.63, 3.8) is 0 Å². The lowest BCUT2D eigenvalue weighted by molar-refractivity contribution is -0.121. The molecule has 0 aromatic heterocycles. The summed E-state index contributed by atoms with van der Waals surface area (Å²) < 4.78 is 0.736. The lowest BCUT2D eigenvalue weighted by atomic mass is 10.2. The maximum Gasteiger partial charge on any atom is 0.254 e. The van der Waals surface area contributed by atoms with E-state index in [2.05, 4.69) is 21.2 Å². The highest BCUT2D eigenvalue weighted by Gasteiger charge is 2.18. The van der Waals surface area contributed by atoms with Gasteiger partial charge < -0.3 is 10.2 Å². The molecule has 1 aromatic carbocycles. The third-order valence-electron chi connectivity index (χ3n) is 2.50. The van der Waals surface area contributed by atoms with E-state index in [4.69, 9.17) is 11.6 Å². The summed E-state index contributed by atoms with van der Waals surface area (Å²) in [6.45, 7) is 2.53. The monoisotopic (exact) mass is 346 g/mol. The molecular formula is C13H16BrClN2O2. The van der Waals surface area contributed by atoms with Crippen LogP contribution < -0.4 is 5.32 Å². The summed E-state index contributed by atoms with van der Waals surface area (Å²) in [6, 6.07) is 5.00. The Morgan fingerprint density at radius 2 is 2.05 bits per heavy atom. The Morgan fingerprint density at radius 3 is 2.58 bits per heavy atom. The zero-order valence-electron chi connectivity index (χ0n) is 10.9. The quantitative estimate of drug-likeness (QED) is 0.890. The van der Waals surface area contributed by atoms with Crippen LogP contribution in [0.4, 0.5) is 0 Å². The number of rotatable bonds is 5. The number of amides is 2. The molecule has 19 heavy (non-hydrogen) atoms. The van der Waals surface area contributed by atoms with Gasteiger partial charge in [0.05, 0.1) is 6.54 Å². The number of likely N-dealkylation sites (N-methyl/N-ethyl adjacent to an activating group) is 1. The summed E-state index contributed by atoms with van der Waals surface area (Å²) in [4.78, 5) is 25.3. The van der Waals surface area contributed by atoms with Crippen molar-refractivity contribution in [1.29, 1.82) is 0 Å². The summed E-state index contributed by atoms with van der Waals surface area (Å²) in [6.07, 6.45) is 0.782. The van der Waals surface area contributed by atoms with Crippen molar-refractivity contribution in [2.75, 3.05) is 20.1 Å². The predicted molar refractivity (Wildman–Crippen MR) is 79.4 cm³/mol. The van der Waals surface area contributed by atoms with Crippen molar-refractivity contribution in [2.24, 2.45) is 0 Å². The summed E-state index contributed by atoms with van der Waals surface area (Å²) in [7, 11) is 1.55. The van der Waals surface area contributed by atoms with Crippen LogP contribution in [0, 0.1) is 0 Å². The Bertz CT molecular complexity index is 459. The number of carbonyl (C=O) groups excluding carboxylic acids is 2. The minimum Gasteiger partial charge on any atom is -0.358 e. The van der Waals surface area contributed by atoms with Crippen LogP contribution in [-0.4, -0.2) is 36.9 Å². The van der Waals surface area contributed by atoms with Crippen LogP contribution >= 0.6 is 27.5 Å². The van der Waals surface area contributed by atoms with E-state index in [9.17, 15) is 9.59 Å². The standard InChI is InChI=1S/C13H16BrClN2O2/c1-3-4-17(8-12(18)16-2)13(19)9-5-10(14)7-11(15)6-9/h5-7H,3-4,8H2,1-2H3,(H,16,18). The highest BCUT2D eigenvalue weighted by atomic mass is 79.9. The van der Waals surface area contributed by atoms with E-state index >= 15 is 0 Å². The van der Waals surface area contributed by atoms with E-state index in [1.54, 1.807) is 25.2 Å². The molecule has 0 saturated carbocycles. The SMILES string of the molecule is CCCN(CC(=O)NC)C(=O)c1cc(Cl)cc(Br)c1. The molecule has 1 rings (SSSR count). The first kappa shape index (κ1) is 16.0. The van der Waals surface area contributed by atoms with Gasteiger partial charge in [-0.1, -0.05) is 34.5 Å². The van der Waals surface area contributed by atoms with Crippen molar-refractivity contribution < 1.29 is 9.59 Å². The zero-order valence-corrected chi connectivity index (χ0v) is 13.2. The number of hydrogen-bond acceptors (Lipinski definition) is 2. The smallest absolute Gasteiger partial charge is 0.254 e. The molecular weight excluding hydrogens is 332 g/mol. The number of benzene rings is 1. The fourth-order valence-electron chi connectivity index (χ4n) is 1.63.